The highest BCUT2D eigenvalue weighted by molar-refractivity contribution is 5.72. The minimum atomic E-state index is 0.0719. The molecular weight excluding hydrogens is 152 g/mol. The van der Waals surface area contributed by atoms with Crippen molar-refractivity contribution < 1.29 is 4.79 Å². The lowest BCUT2D eigenvalue weighted by Gasteiger charge is -2.08. The van der Waals surface area contributed by atoms with Crippen molar-refractivity contribution in [1.82, 2.24) is 10.2 Å². The van der Waals surface area contributed by atoms with Gasteiger partial charge in [-0.05, 0) is 33.5 Å². The third kappa shape index (κ3) is 9.43. The maximum absolute atomic E-state index is 10.5. The summed E-state index contributed by atoms with van der Waals surface area (Å²) in [6.07, 6.45) is 3.50. The van der Waals surface area contributed by atoms with Crippen molar-refractivity contribution in [1.29, 1.82) is 0 Å². The lowest BCUT2D eigenvalue weighted by atomic mass is 10.2. The van der Waals surface area contributed by atoms with Crippen molar-refractivity contribution >= 4 is 5.91 Å². The van der Waals surface area contributed by atoms with Crippen LogP contribution >= 0.6 is 0 Å². The van der Waals surface area contributed by atoms with Gasteiger partial charge in [0.1, 0.15) is 0 Å². The summed E-state index contributed by atoms with van der Waals surface area (Å²) in [4.78, 5) is 12.6. The van der Waals surface area contributed by atoms with Crippen LogP contribution in [0.5, 0.6) is 0 Å². The normalized spacial score (nSPS) is 10.3. The highest BCUT2D eigenvalue weighted by atomic mass is 16.1. The molecule has 0 aromatic rings. The lowest BCUT2D eigenvalue weighted by molar-refractivity contribution is -0.118. The van der Waals surface area contributed by atoms with E-state index in [9.17, 15) is 4.79 Å². The predicted molar refractivity (Wildman–Crippen MR) is 51.1 cm³/mol. The van der Waals surface area contributed by atoms with Crippen LogP contribution in [0.3, 0.4) is 0 Å². The fourth-order valence-electron chi connectivity index (χ4n) is 0.994. The molecule has 0 spiro atoms. The van der Waals surface area contributed by atoms with Crippen molar-refractivity contribution in [3.05, 3.63) is 0 Å². The molecule has 0 heterocycles. The SMILES string of the molecule is CC(=O)NCCCCCN(C)C. The molecule has 0 bridgehead atoms. The highest BCUT2D eigenvalue weighted by Crippen LogP contribution is 1.94. The Morgan fingerprint density at radius 1 is 1.25 bits per heavy atom. The second kappa shape index (κ2) is 7.10. The summed E-state index contributed by atoms with van der Waals surface area (Å²) in [5, 5.41) is 2.78. The van der Waals surface area contributed by atoms with Gasteiger partial charge in [-0.2, -0.15) is 0 Å². The molecular formula is C9H20N2O. The van der Waals surface area contributed by atoms with E-state index in [1.165, 1.54) is 12.8 Å². The van der Waals surface area contributed by atoms with Crippen molar-refractivity contribution in [3.63, 3.8) is 0 Å². The maximum Gasteiger partial charge on any atom is 0.216 e. The number of carbonyl (C=O) groups is 1. The molecule has 72 valence electrons. The summed E-state index contributed by atoms with van der Waals surface area (Å²) < 4.78 is 0. The van der Waals surface area contributed by atoms with E-state index in [0.29, 0.717) is 0 Å². The number of carbonyl (C=O) groups excluding carboxylic acids is 1. The molecule has 0 aromatic heterocycles. The number of nitrogens with zero attached hydrogens (tertiary/aromatic N) is 1. The van der Waals surface area contributed by atoms with Crippen molar-refractivity contribution in [2.75, 3.05) is 27.2 Å². The van der Waals surface area contributed by atoms with E-state index in [1.54, 1.807) is 6.92 Å². The molecule has 0 aliphatic carbocycles. The minimum Gasteiger partial charge on any atom is -0.356 e. The van der Waals surface area contributed by atoms with Crippen LogP contribution in [0.15, 0.2) is 0 Å². The Labute approximate surface area is 75.1 Å². The van der Waals surface area contributed by atoms with Crippen LogP contribution < -0.4 is 5.32 Å². The summed E-state index contributed by atoms with van der Waals surface area (Å²) in [5.41, 5.74) is 0. The number of hydrogen-bond donors (Lipinski definition) is 1. The van der Waals surface area contributed by atoms with Gasteiger partial charge >= 0.3 is 0 Å². The Kier molecular flexibility index (Phi) is 6.76. The van der Waals surface area contributed by atoms with Gasteiger partial charge in [-0.15, -0.1) is 0 Å². The summed E-state index contributed by atoms with van der Waals surface area (Å²) in [6.45, 7) is 3.52. The zero-order chi connectivity index (χ0) is 9.40. The molecule has 0 saturated carbocycles. The van der Waals surface area contributed by atoms with Crippen molar-refractivity contribution in [2.24, 2.45) is 0 Å². The van der Waals surface area contributed by atoms with Gasteiger partial charge in [0.15, 0.2) is 0 Å². The summed E-state index contributed by atoms with van der Waals surface area (Å²) in [7, 11) is 4.15. The van der Waals surface area contributed by atoms with Crippen LogP contribution in [0, 0.1) is 0 Å². The van der Waals surface area contributed by atoms with Crippen LogP contribution in [0.25, 0.3) is 0 Å². The zero-order valence-electron chi connectivity index (χ0n) is 8.39. The van der Waals surface area contributed by atoms with Crippen LogP contribution in [0.4, 0.5) is 0 Å². The fraction of sp³-hybridized carbons (Fsp3) is 0.889. The van der Waals surface area contributed by atoms with E-state index < -0.39 is 0 Å². The largest absolute Gasteiger partial charge is 0.356 e. The molecule has 0 aromatic carbocycles. The first-order valence-electron chi connectivity index (χ1n) is 4.52. The van der Waals surface area contributed by atoms with Crippen LogP contribution in [0.2, 0.25) is 0 Å². The highest BCUT2D eigenvalue weighted by Gasteiger charge is 1.92. The Balaban J connectivity index is 2.96. The Bertz CT molecular complexity index is 124. The van der Waals surface area contributed by atoms with E-state index in [4.69, 9.17) is 0 Å². The van der Waals surface area contributed by atoms with Crippen LogP contribution in [0.1, 0.15) is 26.2 Å². The van der Waals surface area contributed by atoms with E-state index >= 15 is 0 Å². The minimum absolute atomic E-state index is 0.0719. The predicted octanol–water partition coefficient (Wildman–Crippen LogP) is 0.854. The molecule has 3 heteroatoms. The van der Waals surface area contributed by atoms with Gasteiger partial charge in [-0.3, -0.25) is 4.79 Å². The smallest absolute Gasteiger partial charge is 0.216 e. The molecule has 0 rings (SSSR count). The molecule has 1 N–H and O–H groups in total. The van der Waals surface area contributed by atoms with Crippen molar-refractivity contribution in [2.45, 2.75) is 26.2 Å². The number of nitrogens with one attached hydrogen (secondary N) is 1. The maximum atomic E-state index is 10.5. The summed E-state index contributed by atoms with van der Waals surface area (Å²) in [6, 6.07) is 0. The molecule has 0 aliphatic heterocycles. The summed E-state index contributed by atoms with van der Waals surface area (Å²) >= 11 is 0. The molecule has 0 radical (unpaired) electrons. The third-order valence-electron chi connectivity index (χ3n) is 1.66. The number of hydrogen-bond acceptors (Lipinski definition) is 2. The Hall–Kier alpha value is -0.570. The Morgan fingerprint density at radius 2 is 1.92 bits per heavy atom. The number of unbranched alkanes of at least 4 members (excludes halogenated alkanes) is 2. The van der Waals surface area contributed by atoms with Crippen LogP contribution in [-0.4, -0.2) is 38.0 Å². The second-order valence-corrected chi connectivity index (χ2v) is 3.35. The first-order chi connectivity index (χ1) is 5.63. The molecule has 0 fully saturated rings. The third-order valence-corrected chi connectivity index (χ3v) is 1.66. The molecule has 0 atom stereocenters. The van der Waals surface area contributed by atoms with Gasteiger partial charge < -0.3 is 10.2 Å². The van der Waals surface area contributed by atoms with Crippen molar-refractivity contribution in [3.8, 4) is 0 Å². The second-order valence-electron chi connectivity index (χ2n) is 3.35. The monoisotopic (exact) mass is 172 g/mol. The number of rotatable bonds is 6. The van der Waals surface area contributed by atoms with E-state index in [-0.39, 0.29) is 5.91 Å². The molecule has 0 aliphatic rings. The lowest BCUT2D eigenvalue weighted by Crippen LogP contribution is -2.21. The number of amides is 1. The molecule has 12 heavy (non-hydrogen) atoms. The standard InChI is InChI=1S/C9H20N2O/c1-9(12)10-7-5-4-6-8-11(2)3/h4-8H2,1-3H3,(H,10,12). The molecule has 0 saturated heterocycles. The van der Waals surface area contributed by atoms with E-state index in [2.05, 4.69) is 24.3 Å². The van der Waals surface area contributed by atoms with Gasteiger partial charge in [0, 0.05) is 13.5 Å². The fourth-order valence-corrected chi connectivity index (χ4v) is 0.994. The molecule has 1 amide bonds. The molecule has 3 nitrogen and oxygen atoms in total. The first kappa shape index (κ1) is 11.4. The van der Waals surface area contributed by atoms with Crippen LogP contribution in [-0.2, 0) is 4.79 Å². The average molecular weight is 172 g/mol. The molecule has 0 unspecified atom stereocenters. The zero-order valence-corrected chi connectivity index (χ0v) is 8.39. The van der Waals surface area contributed by atoms with Gasteiger partial charge in [0.2, 0.25) is 5.91 Å². The topological polar surface area (TPSA) is 32.3 Å². The first-order valence-corrected chi connectivity index (χ1v) is 4.52. The van der Waals surface area contributed by atoms with Gasteiger partial charge in [-0.1, -0.05) is 6.42 Å². The summed E-state index contributed by atoms with van der Waals surface area (Å²) in [5.74, 6) is 0.0719. The van der Waals surface area contributed by atoms with E-state index in [1.807, 2.05) is 0 Å². The quantitative estimate of drug-likeness (QED) is 0.603. The van der Waals surface area contributed by atoms with E-state index in [0.717, 1.165) is 19.5 Å². The average Bonchev–Trinajstić information content (AvgIpc) is 1.95. The van der Waals surface area contributed by atoms with Gasteiger partial charge in [0.05, 0.1) is 0 Å². The Morgan fingerprint density at radius 3 is 2.42 bits per heavy atom. The van der Waals surface area contributed by atoms with Gasteiger partial charge in [0.25, 0.3) is 0 Å². The van der Waals surface area contributed by atoms with Gasteiger partial charge in [-0.25, -0.2) is 0 Å².